The van der Waals surface area contributed by atoms with E-state index in [1.807, 2.05) is 32.0 Å². The third kappa shape index (κ3) is 5.38. The zero-order valence-electron chi connectivity index (χ0n) is 18.6. The Hall–Kier alpha value is -3.72. The van der Waals surface area contributed by atoms with Crippen molar-refractivity contribution in [3.63, 3.8) is 0 Å². The Balaban J connectivity index is 1.99. The molecule has 0 spiro atoms. The molecule has 2 aromatic rings. The molecule has 0 bridgehead atoms. The molecule has 3 rings (SSSR count). The number of nitrogens with one attached hydrogen (secondary N) is 1. The maximum absolute atomic E-state index is 13.3. The Morgan fingerprint density at radius 1 is 1.15 bits per heavy atom. The minimum Gasteiger partial charge on any atom is -0.546 e. The molecule has 9 heteroatoms. The number of ether oxygens (including phenoxy) is 2. The van der Waals surface area contributed by atoms with Crippen LogP contribution in [0, 0.1) is 13.8 Å². The predicted octanol–water partition coefficient (Wildman–Crippen LogP) is 2.05. The predicted molar refractivity (Wildman–Crippen MR) is 125 cm³/mol. The number of aliphatic carboxylic acids is 1. The standard InChI is InChI=1S/C24H24N2O6S/c1-5-31-20-12-16(6-7-19(20)32-15(4)23(29)30)11-18-21(27)25-24(33)26(22(18)28)17-9-13(2)8-14(3)10-17/h6-12,15H,5H2,1-4H3,(H,29,30)(H,25,27,33)/p-1/b18-11-/t15-/m0/s1. The average molecular weight is 468 g/mol. The van der Waals surface area contributed by atoms with Gasteiger partial charge in [-0.1, -0.05) is 12.1 Å². The van der Waals surface area contributed by atoms with Crippen molar-refractivity contribution >= 4 is 46.9 Å². The van der Waals surface area contributed by atoms with Gasteiger partial charge in [-0.25, -0.2) is 0 Å². The van der Waals surface area contributed by atoms with Gasteiger partial charge >= 0.3 is 0 Å². The van der Waals surface area contributed by atoms with Crippen LogP contribution in [0.3, 0.4) is 0 Å². The molecule has 0 saturated carbocycles. The highest BCUT2D eigenvalue weighted by molar-refractivity contribution is 7.80. The van der Waals surface area contributed by atoms with Crippen LogP contribution in [0.25, 0.3) is 6.08 Å². The second-order valence-electron chi connectivity index (χ2n) is 7.52. The zero-order valence-corrected chi connectivity index (χ0v) is 19.4. The number of nitrogens with zero attached hydrogens (tertiary/aromatic N) is 1. The van der Waals surface area contributed by atoms with Crippen molar-refractivity contribution in [1.82, 2.24) is 5.32 Å². The molecule has 1 aliphatic heterocycles. The summed E-state index contributed by atoms with van der Waals surface area (Å²) in [6.45, 7) is 7.21. The van der Waals surface area contributed by atoms with Crippen LogP contribution in [0.5, 0.6) is 11.5 Å². The number of carbonyl (C=O) groups is 3. The smallest absolute Gasteiger partial charge is 0.270 e. The van der Waals surface area contributed by atoms with Crippen molar-refractivity contribution in [2.45, 2.75) is 33.8 Å². The number of carboxylic acids is 1. The van der Waals surface area contributed by atoms with Crippen LogP contribution >= 0.6 is 12.2 Å². The summed E-state index contributed by atoms with van der Waals surface area (Å²) >= 11 is 5.26. The van der Waals surface area contributed by atoms with Gasteiger partial charge in [0.25, 0.3) is 11.8 Å². The maximum atomic E-state index is 13.3. The molecule has 1 saturated heterocycles. The lowest BCUT2D eigenvalue weighted by atomic mass is 10.1. The van der Waals surface area contributed by atoms with E-state index < -0.39 is 23.9 Å². The first-order valence-corrected chi connectivity index (χ1v) is 10.7. The van der Waals surface area contributed by atoms with Gasteiger partial charge in [0.15, 0.2) is 16.6 Å². The van der Waals surface area contributed by atoms with E-state index in [1.54, 1.807) is 19.1 Å². The van der Waals surface area contributed by atoms with Crippen molar-refractivity contribution < 1.29 is 29.0 Å². The second kappa shape index (κ2) is 9.83. The van der Waals surface area contributed by atoms with Crippen molar-refractivity contribution in [1.29, 1.82) is 0 Å². The molecule has 172 valence electrons. The first-order valence-electron chi connectivity index (χ1n) is 10.2. The third-order valence-corrected chi connectivity index (χ3v) is 5.07. The highest BCUT2D eigenvalue weighted by atomic mass is 32.1. The van der Waals surface area contributed by atoms with E-state index in [2.05, 4.69) is 5.32 Å². The summed E-state index contributed by atoms with van der Waals surface area (Å²) in [6.07, 6.45) is 0.232. The minimum absolute atomic E-state index is 0.00201. The Morgan fingerprint density at radius 3 is 2.42 bits per heavy atom. The summed E-state index contributed by atoms with van der Waals surface area (Å²) < 4.78 is 10.9. The Morgan fingerprint density at radius 2 is 1.82 bits per heavy atom. The quantitative estimate of drug-likeness (QED) is 0.377. The molecule has 2 amide bonds. The lowest BCUT2D eigenvalue weighted by Crippen LogP contribution is -2.54. The van der Waals surface area contributed by atoms with E-state index in [1.165, 1.54) is 24.0 Å². The monoisotopic (exact) mass is 467 g/mol. The molecule has 1 fully saturated rings. The molecule has 1 N–H and O–H groups in total. The fraction of sp³-hybridized carbons (Fsp3) is 0.250. The van der Waals surface area contributed by atoms with Gasteiger partial charge in [-0.05, 0) is 86.9 Å². The number of amides is 2. The molecule has 0 aromatic heterocycles. The first kappa shape index (κ1) is 23.9. The second-order valence-corrected chi connectivity index (χ2v) is 7.91. The summed E-state index contributed by atoms with van der Waals surface area (Å²) in [4.78, 5) is 38.1. The Kier molecular flexibility index (Phi) is 7.13. The van der Waals surface area contributed by atoms with E-state index in [0.717, 1.165) is 11.1 Å². The van der Waals surface area contributed by atoms with Gasteiger partial charge in [0.1, 0.15) is 11.7 Å². The number of anilines is 1. The van der Waals surface area contributed by atoms with Crippen LogP contribution in [-0.4, -0.2) is 35.6 Å². The van der Waals surface area contributed by atoms with Crippen LogP contribution < -0.4 is 24.8 Å². The van der Waals surface area contributed by atoms with E-state index in [9.17, 15) is 19.5 Å². The number of aryl methyl sites for hydroxylation is 2. The molecule has 1 aliphatic rings. The fourth-order valence-electron chi connectivity index (χ4n) is 3.36. The van der Waals surface area contributed by atoms with Gasteiger partial charge < -0.3 is 19.4 Å². The van der Waals surface area contributed by atoms with Crippen LogP contribution in [-0.2, 0) is 14.4 Å². The highest BCUT2D eigenvalue weighted by Gasteiger charge is 2.34. The van der Waals surface area contributed by atoms with Gasteiger partial charge in [0.2, 0.25) is 0 Å². The molecule has 0 radical (unpaired) electrons. The van der Waals surface area contributed by atoms with Crippen LogP contribution in [0.15, 0.2) is 42.0 Å². The number of benzene rings is 2. The van der Waals surface area contributed by atoms with Crippen LogP contribution in [0.4, 0.5) is 5.69 Å². The van der Waals surface area contributed by atoms with Crippen molar-refractivity contribution in [2.75, 3.05) is 11.5 Å². The van der Waals surface area contributed by atoms with Gasteiger partial charge in [-0.15, -0.1) is 0 Å². The molecule has 0 unspecified atom stereocenters. The summed E-state index contributed by atoms with van der Waals surface area (Å²) in [5.74, 6) is -2.07. The Bertz CT molecular complexity index is 1150. The first-order chi connectivity index (χ1) is 15.6. The maximum Gasteiger partial charge on any atom is 0.270 e. The molecule has 1 heterocycles. The molecular weight excluding hydrogens is 444 g/mol. The minimum atomic E-state index is -1.37. The number of rotatable bonds is 7. The number of hydrogen-bond donors (Lipinski definition) is 1. The van der Waals surface area contributed by atoms with E-state index in [4.69, 9.17) is 21.7 Å². The van der Waals surface area contributed by atoms with Crippen LogP contribution in [0.2, 0.25) is 0 Å². The zero-order chi connectivity index (χ0) is 24.3. The highest BCUT2D eigenvalue weighted by Crippen LogP contribution is 2.31. The number of carboxylic acid groups (broad SMARTS) is 1. The van der Waals surface area contributed by atoms with Gasteiger partial charge in [-0.2, -0.15) is 0 Å². The van der Waals surface area contributed by atoms with Gasteiger partial charge in [0.05, 0.1) is 18.3 Å². The number of thiocarbonyl (C=S) groups is 1. The summed E-state index contributed by atoms with van der Waals surface area (Å²) in [7, 11) is 0. The number of carbonyl (C=O) groups excluding carboxylic acids is 3. The molecule has 2 aromatic carbocycles. The van der Waals surface area contributed by atoms with E-state index in [-0.39, 0.29) is 22.2 Å². The van der Waals surface area contributed by atoms with E-state index in [0.29, 0.717) is 17.9 Å². The lowest BCUT2D eigenvalue weighted by molar-refractivity contribution is -0.312. The van der Waals surface area contributed by atoms with Crippen molar-refractivity contribution in [2.24, 2.45) is 0 Å². The summed E-state index contributed by atoms with van der Waals surface area (Å²) in [5, 5.41) is 13.6. The summed E-state index contributed by atoms with van der Waals surface area (Å²) in [6, 6.07) is 10.2. The largest absolute Gasteiger partial charge is 0.546 e. The van der Waals surface area contributed by atoms with Crippen molar-refractivity contribution in [3.8, 4) is 11.5 Å². The molecule has 8 nitrogen and oxygen atoms in total. The lowest BCUT2D eigenvalue weighted by Gasteiger charge is -2.29. The normalized spacial score (nSPS) is 15.9. The SMILES string of the molecule is CCOc1cc(/C=C2/C(=O)NC(=S)N(c3cc(C)cc(C)c3)C2=O)ccc1O[C@@H](C)C(=O)[O-]. The topological polar surface area (TPSA) is 108 Å². The third-order valence-electron chi connectivity index (χ3n) is 4.78. The average Bonchev–Trinajstić information content (AvgIpc) is 2.72. The molecule has 0 aliphatic carbocycles. The number of hydrogen-bond acceptors (Lipinski definition) is 7. The molecule has 1 atom stereocenters. The van der Waals surface area contributed by atoms with Crippen molar-refractivity contribution in [3.05, 3.63) is 58.7 Å². The van der Waals surface area contributed by atoms with E-state index >= 15 is 0 Å². The molecule has 33 heavy (non-hydrogen) atoms. The van der Waals surface area contributed by atoms with Gasteiger partial charge in [0, 0.05) is 0 Å². The van der Waals surface area contributed by atoms with Crippen LogP contribution in [0.1, 0.15) is 30.5 Å². The van der Waals surface area contributed by atoms with Gasteiger partial charge in [-0.3, -0.25) is 19.8 Å². The summed E-state index contributed by atoms with van der Waals surface area (Å²) in [5.41, 5.74) is 2.83. The fourth-order valence-corrected chi connectivity index (χ4v) is 3.64. The molecular formula is C24H23N2O6S-. The Labute approximate surface area is 196 Å².